The molecule has 2 rings (SSSR count). The van der Waals surface area contributed by atoms with Crippen LogP contribution in [0.1, 0.15) is 29.3 Å². The maximum Gasteiger partial charge on any atom is 0.328 e. The molecule has 0 amide bonds. The molecule has 0 aliphatic heterocycles. The lowest BCUT2D eigenvalue weighted by Crippen LogP contribution is -2.07. The second-order valence-electron chi connectivity index (χ2n) is 5.50. The van der Waals surface area contributed by atoms with Gasteiger partial charge in [0.05, 0.1) is 13.2 Å². The number of ketones is 1. The zero-order chi connectivity index (χ0) is 18.9. The van der Waals surface area contributed by atoms with E-state index in [1.165, 1.54) is 19.1 Å². The van der Waals surface area contributed by atoms with Crippen LogP contribution in [0.2, 0.25) is 0 Å². The summed E-state index contributed by atoms with van der Waals surface area (Å²) in [4.78, 5) is 22.0. The van der Waals surface area contributed by atoms with Gasteiger partial charge in [0, 0.05) is 12.5 Å². The first-order chi connectivity index (χ1) is 12.5. The number of Topliss-reactive ketones (excluding diaryl/α,β-unsaturated/α-hetero) is 1. The monoisotopic (exact) mass is 356 g/mol. The molecule has 0 atom stereocenters. The van der Waals surface area contributed by atoms with E-state index >= 15 is 0 Å². The van der Waals surface area contributed by atoms with Crippen molar-refractivity contribution in [3.05, 3.63) is 59.7 Å². The summed E-state index contributed by atoms with van der Waals surface area (Å²) in [5.74, 6) is -0.328. The number of carbonyl (C=O) groups excluding carboxylic acids is 1. The van der Waals surface area contributed by atoms with Crippen molar-refractivity contribution in [2.45, 2.75) is 13.3 Å². The van der Waals surface area contributed by atoms with Crippen LogP contribution in [0.4, 0.5) is 0 Å². The average molecular weight is 356 g/mol. The largest absolute Gasteiger partial charge is 0.507 e. The van der Waals surface area contributed by atoms with Gasteiger partial charge in [0.2, 0.25) is 0 Å². The Hall–Kier alpha value is -3.28. The molecule has 0 saturated heterocycles. The number of hydrogen-bond donors (Lipinski definition) is 2. The highest BCUT2D eigenvalue weighted by molar-refractivity contribution is 5.99. The molecule has 0 aliphatic rings. The number of benzene rings is 2. The summed E-state index contributed by atoms with van der Waals surface area (Å²) in [6, 6.07) is 11.7. The third-order valence-corrected chi connectivity index (χ3v) is 3.47. The van der Waals surface area contributed by atoms with Crippen molar-refractivity contribution in [2.24, 2.45) is 0 Å². The van der Waals surface area contributed by atoms with Crippen LogP contribution in [-0.2, 0) is 4.79 Å². The second kappa shape index (κ2) is 9.27. The number of carboxylic acids is 1. The van der Waals surface area contributed by atoms with Crippen LogP contribution in [0, 0.1) is 0 Å². The van der Waals surface area contributed by atoms with Crippen LogP contribution in [0.5, 0.6) is 17.2 Å². The normalized spacial score (nSPS) is 10.7. The van der Waals surface area contributed by atoms with Gasteiger partial charge in [0.15, 0.2) is 5.78 Å². The summed E-state index contributed by atoms with van der Waals surface area (Å²) in [5, 5.41) is 18.3. The van der Waals surface area contributed by atoms with Gasteiger partial charge < -0.3 is 19.7 Å². The molecule has 0 spiro atoms. The van der Waals surface area contributed by atoms with Crippen LogP contribution in [0.3, 0.4) is 0 Å². The van der Waals surface area contributed by atoms with Crippen molar-refractivity contribution in [2.75, 3.05) is 13.2 Å². The number of aliphatic carboxylic acids is 1. The molecule has 2 aromatic rings. The summed E-state index contributed by atoms with van der Waals surface area (Å²) in [7, 11) is 0. The Labute approximate surface area is 151 Å². The third-order valence-electron chi connectivity index (χ3n) is 3.47. The Kier molecular flexibility index (Phi) is 6.79. The number of phenols is 1. The lowest BCUT2D eigenvalue weighted by Gasteiger charge is -2.11. The Morgan fingerprint density at radius 3 is 2.38 bits per heavy atom. The molecule has 0 unspecified atom stereocenters. The SMILES string of the molecule is CC(=O)c1c(O)cccc1OCCCOc1ccc(C=CC(=O)O)cc1. The molecule has 0 bridgehead atoms. The molecule has 26 heavy (non-hydrogen) atoms. The Morgan fingerprint density at radius 2 is 1.73 bits per heavy atom. The highest BCUT2D eigenvalue weighted by Crippen LogP contribution is 2.27. The standard InChI is InChI=1S/C20H20O6/c1-14(21)20-17(22)4-2-5-18(20)26-13-3-12-25-16-9-6-15(7-10-16)8-11-19(23)24/h2,4-11,22H,3,12-13H2,1H3,(H,23,24). The fourth-order valence-electron chi connectivity index (χ4n) is 2.27. The maximum atomic E-state index is 11.6. The van der Waals surface area contributed by atoms with Crippen molar-refractivity contribution >= 4 is 17.8 Å². The number of hydrogen-bond acceptors (Lipinski definition) is 5. The minimum absolute atomic E-state index is 0.0942. The van der Waals surface area contributed by atoms with Crippen LogP contribution < -0.4 is 9.47 Å². The number of ether oxygens (including phenoxy) is 2. The van der Waals surface area contributed by atoms with Crippen LogP contribution >= 0.6 is 0 Å². The van der Waals surface area contributed by atoms with Gasteiger partial charge in [-0.25, -0.2) is 4.79 Å². The van der Waals surface area contributed by atoms with Crippen molar-refractivity contribution in [1.29, 1.82) is 0 Å². The zero-order valence-electron chi connectivity index (χ0n) is 14.3. The van der Waals surface area contributed by atoms with Gasteiger partial charge in [-0.1, -0.05) is 18.2 Å². The maximum absolute atomic E-state index is 11.6. The first-order valence-electron chi connectivity index (χ1n) is 8.07. The first kappa shape index (κ1) is 19.1. The molecule has 2 N–H and O–H groups in total. The highest BCUT2D eigenvalue weighted by atomic mass is 16.5. The zero-order valence-corrected chi connectivity index (χ0v) is 14.3. The van der Waals surface area contributed by atoms with Crippen molar-refractivity contribution in [1.82, 2.24) is 0 Å². The fraction of sp³-hybridized carbons (Fsp3) is 0.200. The molecule has 6 heteroatoms. The first-order valence-corrected chi connectivity index (χ1v) is 8.07. The van der Waals surface area contributed by atoms with Gasteiger partial charge in [0.1, 0.15) is 22.8 Å². The van der Waals surface area contributed by atoms with E-state index in [0.717, 1.165) is 11.6 Å². The molecule has 136 valence electrons. The second-order valence-corrected chi connectivity index (χ2v) is 5.50. The molecule has 6 nitrogen and oxygen atoms in total. The lowest BCUT2D eigenvalue weighted by molar-refractivity contribution is -0.131. The molecule has 0 aromatic heterocycles. The van der Waals surface area contributed by atoms with Crippen molar-refractivity contribution in [3.63, 3.8) is 0 Å². The fourth-order valence-corrected chi connectivity index (χ4v) is 2.27. The van der Waals surface area contributed by atoms with Gasteiger partial charge in [-0.15, -0.1) is 0 Å². The molecule has 0 fully saturated rings. The molecular formula is C20H20O6. The van der Waals surface area contributed by atoms with Gasteiger partial charge in [-0.2, -0.15) is 0 Å². The Bertz CT molecular complexity index is 792. The van der Waals surface area contributed by atoms with Crippen LogP contribution in [0.15, 0.2) is 48.5 Å². The number of aromatic hydroxyl groups is 1. The van der Waals surface area contributed by atoms with Crippen LogP contribution in [-0.4, -0.2) is 35.2 Å². The van der Waals surface area contributed by atoms with E-state index in [9.17, 15) is 14.7 Å². The summed E-state index contributed by atoms with van der Waals surface area (Å²) < 4.78 is 11.2. The summed E-state index contributed by atoms with van der Waals surface area (Å²) in [6.45, 7) is 2.13. The predicted molar refractivity (Wildman–Crippen MR) is 96.8 cm³/mol. The van der Waals surface area contributed by atoms with Gasteiger partial charge in [-0.05, 0) is 42.8 Å². The number of carbonyl (C=O) groups is 2. The molecule has 2 aromatic carbocycles. The van der Waals surface area contributed by atoms with Gasteiger partial charge in [-0.3, -0.25) is 4.79 Å². The van der Waals surface area contributed by atoms with E-state index in [1.807, 2.05) is 0 Å². The van der Waals surface area contributed by atoms with Crippen molar-refractivity contribution in [3.8, 4) is 17.2 Å². The smallest absolute Gasteiger partial charge is 0.328 e. The van der Waals surface area contributed by atoms with E-state index in [1.54, 1.807) is 36.4 Å². The number of rotatable bonds is 9. The van der Waals surface area contributed by atoms with Crippen molar-refractivity contribution < 1.29 is 29.3 Å². The Morgan fingerprint density at radius 1 is 1.04 bits per heavy atom. The minimum Gasteiger partial charge on any atom is -0.507 e. The average Bonchev–Trinajstić information content (AvgIpc) is 2.60. The number of phenolic OH excluding ortho intramolecular Hbond substituents is 1. The minimum atomic E-state index is -0.995. The summed E-state index contributed by atoms with van der Waals surface area (Å²) >= 11 is 0. The van der Waals surface area contributed by atoms with E-state index < -0.39 is 5.97 Å². The highest BCUT2D eigenvalue weighted by Gasteiger charge is 2.13. The van der Waals surface area contributed by atoms with E-state index in [4.69, 9.17) is 14.6 Å². The molecule has 0 saturated carbocycles. The third kappa shape index (κ3) is 5.66. The van der Waals surface area contributed by atoms with E-state index in [0.29, 0.717) is 31.1 Å². The van der Waals surface area contributed by atoms with Crippen LogP contribution in [0.25, 0.3) is 6.08 Å². The van der Waals surface area contributed by atoms with E-state index in [-0.39, 0.29) is 17.1 Å². The molecule has 0 heterocycles. The van der Waals surface area contributed by atoms with Gasteiger partial charge >= 0.3 is 5.97 Å². The van der Waals surface area contributed by atoms with Gasteiger partial charge in [0.25, 0.3) is 0 Å². The topological polar surface area (TPSA) is 93.1 Å². The Balaban J connectivity index is 1.78. The molecule has 0 radical (unpaired) electrons. The molecule has 0 aliphatic carbocycles. The summed E-state index contributed by atoms with van der Waals surface area (Å²) in [6.07, 6.45) is 3.17. The number of carboxylic acid groups (broad SMARTS) is 1. The summed E-state index contributed by atoms with van der Waals surface area (Å²) in [5.41, 5.74) is 0.946. The lowest BCUT2D eigenvalue weighted by atomic mass is 10.1. The van der Waals surface area contributed by atoms with E-state index in [2.05, 4.69) is 0 Å². The quantitative estimate of drug-likeness (QED) is 0.405. The molecular weight excluding hydrogens is 336 g/mol. The predicted octanol–water partition coefficient (Wildman–Crippen LogP) is 3.54.